The lowest BCUT2D eigenvalue weighted by Gasteiger charge is -2.12. The molecule has 74 valence electrons. The van der Waals surface area contributed by atoms with Gasteiger partial charge in [-0.15, -0.1) is 0 Å². The summed E-state index contributed by atoms with van der Waals surface area (Å²) in [4.78, 5) is 3.15. The van der Waals surface area contributed by atoms with E-state index in [-0.39, 0.29) is 0 Å². The van der Waals surface area contributed by atoms with Crippen LogP contribution in [-0.4, -0.2) is 24.7 Å². The zero-order chi connectivity index (χ0) is 9.52. The number of hydrogen-bond donors (Lipinski definition) is 2. The van der Waals surface area contributed by atoms with Crippen LogP contribution in [0.15, 0.2) is 18.3 Å². The Morgan fingerprint density at radius 3 is 3.08 bits per heavy atom. The lowest BCUT2D eigenvalue weighted by Crippen LogP contribution is -2.26. The summed E-state index contributed by atoms with van der Waals surface area (Å²) in [6.45, 7) is 3.89. The van der Waals surface area contributed by atoms with Crippen molar-refractivity contribution in [3.05, 3.63) is 24.0 Å². The molecule has 1 atom stereocenters. The Balaban J connectivity index is 2.11. The monoisotopic (exact) mass is 182 g/mol. The third kappa shape index (κ3) is 4.10. The Hall–Kier alpha value is -0.800. The average molecular weight is 182 g/mol. The van der Waals surface area contributed by atoms with Gasteiger partial charge >= 0.3 is 0 Å². The Morgan fingerprint density at radius 1 is 1.62 bits per heavy atom. The number of aromatic nitrogens is 1. The highest BCUT2D eigenvalue weighted by Gasteiger charge is 2.00. The maximum absolute atomic E-state index is 5.00. The van der Waals surface area contributed by atoms with Crippen molar-refractivity contribution < 1.29 is 4.74 Å². The van der Waals surface area contributed by atoms with E-state index in [0.717, 1.165) is 19.6 Å². The summed E-state index contributed by atoms with van der Waals surface area (Å²) < 4.78 is 5.00. The molecule has 1 rings (SSSR count). The van der Waals surface area contributed by atoms with Crippen LogP contribution in [0.5, 0.6) is 0 Å². The highest BCUT2D eigenvalue weighted by Crippen LogP contribution is 1.96. The van der Waals surface area contributed by atoms with E-state index in [4.69, 9.17) is 4.74 Å². The van der Waals surface area contributed by atoms with Crippen LogP contribution in [0, 0.1) is 0 Å². The Bertz CT molecular complexity index is 209. The number of H-pyrrole nitrogens is 1. The van der Waals surface area contributed by atoms with Crippen LogP contribution in [-0.2, 0) is 11.3 Å². The Morgan fingerprint density at radius 2 is 2.46 bits per heavy atom. The van der Waals surface area contributed by atoms with Crippen molar-refractivity contribution in [1.29, 1.82) is 0 Å². The molecular weight excluding hydrogens is 164 g/mol. The zero-order valence-corrected chi connectivity index (χ0v) is 8.34. The van der Waals surface area contributed by atoms with Gasteiger partial charge in [-0.2, -0.15) is 0 Å². The normalized spacial score (nSPS) is 13.1. The lowest BCUT2D eigenvalue weighted by molar-refractivity contribution is 0.184. The highest BCUT2D eigenvalue weighted by atomic mass is 16.5. The minimum atomic E-state index is 0.503. The second-order valence-electron chi connectivity index (χ2n) is 3.26. The van der Waals surface area contributed by atoms with Crippen molar-refractivity contribution in [3.63, 3.8) is 0 Å². The van der Waals surface area contributed by atoms with Crippen molar-refractivity contribution in [1.82, 2.24) is 10.3 Å². The fourth-order valence-corrected chi connectivity index (χ4v) is 1.16. The van der Waals surface area contributed by atoms with E-state index in [1.165, 1.54) is 5.69 Å². The molecule has 0 fully saturated rings. The molecule has 13 heavy (non-hydrogen) atoms. The molecule has 2 N–H and O–H groups in total. The van der Waals surface area contributed by atoms with Gasteiger partial charge in [-0.25, -0.2) is 0 Å². The largest absolute Gasteiger partial charge is 0.385 e. The van der Waals surface area contributed by atoms with Crippen molar-refractivity contribution in [3.8, 4) is 0 Å². The van der Waals surface area contributed by atoms with Gasteiger partial charge in [0.1, 0.15) is 0 Å². The first-order chi connectivity index (χ1) is 6.33. The summed E-state index contributed by atoms with van der Waals surface area (Å²) in [7, 11) is 1.73. The van der Waals surface area contributed by atoms with Crippen molar-refractivity contribution >= 4 is 0 Å². The van der Waals surface area contributed by atoms with Crippen LogP contribution in [0.1, 0.15) is 19.0 Å². The third-order valence-corrected chi connectivity index (χ3v) is 2.06. The number of methoxy groups -OCH3 is 1. The van der Waals surface area contributed by atoms with Gasteiger partial charge in [0.05, 0.1) is 0 Å². The van der Waals surface area contributed by atoms with E-state index in [1.807, 2.05) is 12.3 Å². The van der Waals surface area contributed by atoms with Gasteiger partial charge in [-0.05, 0) is 25.5 Å². The topological polar surface area (TPSA) is 37.0 Å². The van der Waals surface area contributed by atoms with Gasteiger partial charge in [-0.3, -0.25) is 0 Å². The SMILES string of the molecule is COCCC(C)NCc1ccc[nH]1. The second-order valence-corrected chi connectivity index (χ2v) is 3.26. The molecule has 1 heterocycles. The van der Waals surface area contributed by atoms with Crippen molar-refractivity contribution in [2.75, 3.05) is 13.7 Å². The quantitative estimate of drug-likeness (QED) is 0.700. The molecule has 0 aliphatic carbocycles. The van der Waals surface area contributed by atoms with E-state index in [1.54, 1.807) is 7.11 Å². The number of ether oxygens (including phenoxy) is 1. The van der Waals surface area contributed by atoms with Crippen molar-refractivity contribution in [2.45, 2.75) is 25.9 Å². The van der Waals surface area contributed by atoms with Gasteiger partial charge < -0.3 is 15.0 Å². The predicted molar refractivity (Wildman–Crippen MR) is 53.6 cm³/mol. The van der Waals surface area contributed by atoms with Gasteiger partial charge in [0.2, 0.25) is 0 Å². The molecule has 1 aromatic rings. The number of hydrogen-bond acceptors (Lipinski definition) is 2. The molecule has 0 aliphatic rings. The molecule has 0 spiro atoms. The van der Waals surface area contributed by atoms with E-state index in [9.17, 15) is 0 Å². The summed E-state index contributed by atoms with van der Waals surface area (Å²) in [6, 6.07) is 4.59. The highest BCUT2D eigenvalue weighted by molar-refractivity contribution is 5.02. The van der Waals surface area contributed by atoms with Gasteiger partial charge in [0, 0.05) is 38.2 Å². The zero-order valence-electron chi connectivity index (χ0n) is 8.34. The molecule has 1 unspecified atom stereocenters. The lowest BCUT2D eigenvalue weighted by atomic mass is 10.2. The van der Waals surface area contributed by atoms with Crippen LogP contribution >= 0.6 is 0 Å². The van der Waals surface area contributed by atoms with Crippen LogP contribution in [0.3, 0.4) is 0 Å². The standard InChI is InChI=1S/C10H18N2O/c1-9(5-7-13-2)12-8-10-4-3-6-11-10/h3-4,6,9,11-12H,5,7-8H2,1-2H3. The molecule has 3 nitrogen and oxygen atoms in total. The molecule has 0 saturated heterocycles. The first kappa shape index (κ1) is 10.3. The minimum Gasteiger partial charge on any atom is -0.385 e. The van der Waals surface area contributed by atoms with Crippen LogP contribution in [0.4, 0.5) is 0 Å². The number of aromatic amines is 1. The molecule has 0 amide bonds. The maximum Gasteiger partial charge on any atom is 0.0476 e. The van der Waals surface area contributed by atoms with E-state index in [0.29, 0.717) is 6.04 Å². The van der Waals surface area contributed by atoms with E-state index >= 15 is 0 Å². The van der Waals surface area contributed by atoms with Crippen LogP contribution < -0.4 is 5.32 Å². The summed E-state index contributed by atoms with van der Waals surface area (Å²) >= 11 is 0. The van der Waals surface area contributed by atoms with E-state index < -0.39 is 0 Å². The molecule has 0 saturated carbocycles. The summed E-state index contributed by atoms with van der Waals surface area (Å²) in [5.74, 6) is 0. The van der Waals surface area contributed by atoms with E-state index in [2.05, 4.69) is 23.3 Å². The Labute approximate surface area is 79.5 Å². The Kier molecular flexibility index (Phi) is 4.57. The fraction of sp³-hybridized carbons (Fsp3) is 0.600. The molecule has 0 aliphatic heterocycles. The number of rotatable bonds is 6. The average Bonchev–Trinajstić information content (AvgIpc) is 2.64. The summed E-state index contributed by atoms with van der Waals surface area (Å²) in [5.41, 5.74) is 1.23. The van der Waals surface area contributed by atoms with Gasteiger partial charge in [-0.1, -0.05) is 0 Å². The van der Waals surface area contributed by atoms with Crippen LogP contribution in [0.2, 0.25) is 0 Å². The molecule has 1 aromatic heterocycles. The molecule has 0 radical (unpaired) electrons. The molecule has 3 heteroatoms. The number of nitrogens with one attached hydrogen (secondary N) is 2. The van der Waals surface area contributed by atoms with Crippen molar-refractivity contribution in [2.24, 2.45) is 0 Å². The first-order valence-corrected chi connectivity index (χ1v) is 4.67. The van der Waals surface area contributed by atoms with Gasteiger partial charge in [0.25, 0.3) is 0 Å². The smallest absolute Gasteiger partial charge is 0.0476 e. The maximum atomic E-state index is 5.00. The molecular formula is C10H18N2O. The molecule has 0 aromatic carbocycles. The summed E-state index contributed by atoms with van der Waals surface area (Å²) in [5, 5.41) is 3.41. The third-order valence-electron chi connectivity index (χ3n) is 2.06. The molecule has 0 bridgehead atoms. The van der Waals surface area contributed by atoms with Crippen LogP contribution in [0.25, 0.3) is 0 Å². The first-order valence-electron chi connectivity index (χ1n) is 4.67. The van der Waals surface area contributed by atoms with Gasteiger partial charge in [0.15, 0.2) is 0 Å². The fourth-order valence-electron chi connectivity index (χ4n) is 1.16. The predicted octanol–water partition coefficient (Wildman–Crippen LogP) is 1.53. The summed E-state index contributed by atoms with van der Waals surface area (Å²) in [6.07, 6.45) is 2.99. The minimum absolute atomic E-state index is 0.503. The second kappa shape index (κ2) is 5.78.